The number of imidazole rings is 1. The normalized spacial score (nSPS) is 18.4. The average molecular weight is 318 g/mol. The van der Waals surface area contributed by atoms with Gasteiger partial charge in [-0.1, -0.05) is 0 Å². The van der Waals surface area contributed by atoms with Gasteiger partial charge in [0.2, 0.25) is 0 Å². The van der Waals surface area contributed by atoms with Crippen molar-refractivity contribution in [3.63, 3.8) is 0 Å². The van der Waals surface area contributed by atoms with E-state index in [1.54, 1.807) is 11.6 Å². The monoisotopic (exact) mass is 318 g/mol. The van der Waals surface area contributed by atoms with Crippen LogP contribution in [-0.4, -0.2) is 48.2 Å². The SMILES string of the molecule is CCn1c(C2CCCN(C(=O)c3nc[nH]c3C)C2)nn(C)c1=O. The number of likely N-dealkylation sites (tertiary alicyclic amines) is 1. The lowest BCUT2D eigenvalue weighted by Crippen LogP contribution is -2.40. The van der Waals surface area contributed by atoms with Gasteiger partial charge in [-0.25, -0.2) is 14.5 Å². The van der Waals surface area contributed by atoms with Crippen molar-refractivity contribution in [3.05, 3.63) is 34.0 Å². The van der Waals surface area contributed by atoms with Crippen LogP contribution in [0.3, 0.4) is 0 Å². The largest absolute Gasteiger partial charge is 0.348 e. The van der Waals surface area contributed by atoms with E-state index in [-0.39, 0.29) is 17.5 Å². The van der Waals surface area contributed by atoms with Crippen LogP contribution in [0.25, 0.3) is 0 Å². The number of nitrogens with one attached hydrogen (secondary N) is 1. The second-order valence-corrected chi connectivity index (χ2v) is 5.98. The lowest BCUT2D eigenvalue weighted by molar-refractivity contribution is 0.0697. The van der Waals surface area contributed by atoms with E-state index in [9.17, 15) is 9.59 Å². The molecule has 124 valence electrons. The first-order chi connectivity index (χ1) is 11.0. The summed E-state index contributed by atoms with van der Waals surface area (Å²) in [6.07, 6.45) is 3.37. The van der Waals surface area contributed by atoms with Crippen LogP contribution in [0.2, 0.25) is 0 Å². The number of carbonyl (C=O) groups is 1. The molecule has 3 rings (SSSR count). The number of aromatic amines is 1. The topological polar surface area (TPSA) is 88.8 Å². The van der Waals surface area contributed by atoms with Crippen molar-refractivity contribution in [3.8, 4) is 0 Å². The van der Waals surface area contributed by atoms with Crippen LogP contribution in [-0.2, 0) is 13.6 Å². The zero-order valence-electron chi connectivity index (χ0n) is 13.7. The average Bonchev–Trinajstić information content (AvgIpc) is 3.11. The van der Waals surface area contributed by atoms with Crippen LogP contribution in [0, 0.1) is 6.92 Å². The molecule has 0 aromatic carbocycles. The number of aromatic nitrogens is 5. The van der Waals surface area contributed by atoms with Gasteiger partial charge < -0.3 is 9.88 Å². The predicted molar refractivity (Wildman–Crippen MR) is 84.3 cm³/mol. The van der Waals surface area contributed by atoms with Crippen molar-refractivity contribution in [2.24, 2.45) is 7.05 Å². The van der Waals surface area contributed by atoms with Gasteiger partial charge in [-0.05, 0) is 26.7 Å². The molecule has 1 saturated heterocycles. The van der Waals surface area contributed by atoms with E-state index < -0.39 is 0 Å². The highest BCUT2D eigenvalue weighted by Crippen LogP contribution is 2.26. The molecule has 2 aromatic rings. The number of nitrogens with zero attached hydrogens (tertiary/aromatic N) is 5. The Balaban J connectivity index is 1.84. The summed E-state index contributed by atoms with van der Waals surface area (Å²) in [5.41, 5.74) is 1.15. The number of H-pyrrole nitrogens is 1. The van der Waals surface area contributed by atoms with E-state index in [0.29, 0.717) is 25.3 Å². The molecule has 1 atom stereocenters. The summed E-state index contributed by atoms with van der Waals surface area (Å²) in [6.45, 7) is 5.65. The highest BCUT2D eigenvalue weighted by atomic mass is 16.2. The van der Waals surface area contributed by atoms with Crippen molar-refractivity contribution >= 4 is 5.91 Å². The molecular formula is C15H22N6O2. The Morgan fingerprint density at radius 2 is 2.26 bits per heavy atom. The molecule has 0 saturated carbocycles. The molecule has 23 heavy (non-hydrogen) atoms. The standard InChI is InChI=1S/C15H22N6O2/c1-4-21-13(18-19(3)15(21)23)11-6-5-7-20(8-11)14(22)12-10(2)16-9-17-12/h9,11H,4-8H2,1-3H3,(H,16,17). The lowest BCUT2D eigenvalue weighted by Gasteiger charge is -2.32. The second kappa shape index (κ2) is 6.02. The van der Waals surface area contributed by atoms with Gasteiger partial charge in [0.05, 0.1) is 6.33 Å². The van der Waals surface area contributed by atoms with Crippen LogP contribution >= 0.6 is 0 Å². The number of hydrogen-bond donors (Lipinski definition) is 1. The van der Waals surface area contributed by atoms with E-state index >= 15 is 0 Å². The Hall–Kier alpha value is -2.38. The molecule has 0 bridgehead atoms. The molecule has 0 spiro atoms. The highest BCUT2D eigenvalue weighted by Gasteiger charge is 2.30. The summed E-state index contributed by atoms with van der Waals surface area (Å²) in [6, 6.07) is 0. The third-order valence-corrected chi connectivity index (χ3v) is 4.46. The van der Waals surface area contributed by atoms with E-state index in [1.165, 1.54) is 11.0 Å². The molecule has 1 aliphatic rings. The fourth-order valence-electron chi connectivity index (χ4n) is 3.22. The summed E-state index contributed by atoms with van der Waals surface area (Å²) >= 11 is 0. The van der Waals surface area contributed by atoms with Gasteiger partial charge in [0.15, 0.2) is 0 Å². The molecule has 2 aromatic heterocycles. The molecule has 1 fully saturated rings. The first kappa shape index (κ1) is 15.5. The van der Waals surface area contributed by atoms with Crippen LogP contribution in [0.4, 0.5) is 0 Å². The quantitative estimate of drug-likeness (QED) is 0.900. The van der Waals surface area contributed by atoms with Gasteiger partial charge in [0, 0.05) is 38.3 Å². The number of aryl methyl sites for hydroxylation is 2. The zero-order chi connectivity index (χ0) is 16.6. The van der Waals surface area contributed by atoms with Gasteiger partial charge in [-0.2, -0.15) is 5.10 Å². The van der Waals surface area contributed by atoms with E-state index in [1.807, 2.05) is 18.7 Å². The lowest BCUT2D eigenvalue weighted by atomic mass is 9.96. The van der Waals surface area contributed by atoms with Gasteiger partial charge in [0.25, 0.3) is 5.91 Å². The number of hydrogen-bond acceptors (Lipinski definition) is 4. The summed E-state index contributed by atoms with van der Waals surface area (Å²) in [7, 11) is 1.66. The van der Waals surface area contributed by atoms with Gasteiger partial charge in [-0.3, -0.25) is 9.36 Å². The molecular weight excluding hydrogens is 296 g/mol. The Morgan fingerprint density at radius 1 is 1.48 bits per heavy atom. The third-order valence-electron chi connectivity index (χ3n) is 4.46. The maximum atomic E-state index is 12.6. The number of amides is 1. The minimum absolute atomic E-state index is 0.0604. The van der Waals surface area contributed by atoms with E-state index in [0.717, 1.165) is 24.4 Å². The maximum Gasteiger partial charge on any atom is 0.345 e. The third kappa shape index (κ3) is 2.69. The van der Waals surface area contributed by atoms with Crippen LogP contribution < -0.4 is 5.69 Å². The van der Waals surface area contributed by atoms with Crippen molar-refractivity contribution < 1.29 is 4.79 Å². The molecule has 3 heterocycles. The molecule has 0 radical (unpaired) electrons. The molecule has 8 nitrogen and oxygen atoms in total. The molecule has 1 N–H and O–H groups in total. The van der Waals surface area contributed by atoms with E-state index in [4.69, 9.17) is 0 Å². The van der Waals surface area contributed by atoms with Crippen LogP contribution in [0.5, 0.6) is 0 Å². The summed E-state index contributed by atoms with van der Waals surface area (Å²) in [4.78, 5) is 33.6. The maximum absolute atomic E-state index is 12.6. The van der Waals surface area contributed by atoms with Gasteiger partial charge in [-0.15, -0.1) is 0 Å². The fourth-order valence-corrected chi connectivity index (χ4v) is 3.22. The fraction of sp³-hybridized carbons (Fsp3) is 0.600. The van der Waals surface area contributed by atoms with Gasteiger partial charge in [0.1, 0.15) is 11.5 Å². The summed E-state index contributed by atoms with van der Waals surface area (Å²) in [5, 5.41) is 4.39. The second-order valence-electron chi connectivity index (χ2n) is 5.98. The first-order valence-electron chi connectivity index (χ1n) is 7.95. The first-order valence-corrected chi connectivity index (χ1v) is 7.95. The smallest absolute Gasteiger partial charge is 0.345 e. The van der Waals surface area contributed by atoms with Gasteiger partial charge >= 0.3 is 5.69 Å². The highest BCUT2D eigenvalue weighted by molar-refractivity contribution is 5.93. The van der Waals surface area contributed by atoms with E-state index in [2.05, 4.69) is 15.1 Å². The Bertz CT molecular complexity index is 771. The molecule has 8 heteroatoms. The zero-order valence-corrected chi connectivity index (χ0v) is 13.7. The number of rotatable bonds is 3. The molecule has 1 aliphatic heterocycles. The number of carbonyl (C=O) groups excluding carboxylic acids is 1. The van der Waals surface area contributed by atoms with Crippen LogP contribution in [0.1, 0.15) is 47.7 Å². The van der Waals surface area contributed by atoms with Crippen molar-refractivity contribution in [1.29, 1.82) is 0 Å². The Labute approximate surface area is 134 Å². The predicted octanol–water partition coefficient (Wildman–Crippen LogP) is 0.653. The molecule has 1 amide bonds. The van der Waals surface area contributed by atoms with Crippen molar-refractivity contribution in [2.45, 2.75) is 39.2 Å². The number of piperidine rings is 1. The summed E-state index contributed by atoms with van der Waals surface area (Å²) in [5.74, 6) is 0.798. The van der Waals surface area contributed by atoms with Crippen molar-refractivity contribution in [1.82, 2.24) is 29.2 Å². The Kier molecular flexibility index (Phi) is 4.06. The molecule has 0 aliphatic carbocycles. The Morgan fingerprint density at radius 3 is 2.91 bits per heavy atom. The van der Waals surface area contributed by atoms with Crippen molar-refractivity contribution in [2.75, 3.05) is 13.1 Å². The summed E-state index contributed by atoms with van der Waals surface area (Å²) < 4.78 is 3.07. The minimum Gasteiger partial charge on any atom is -0.348 e. The minimum atomic E-state index is -0.103. The van der Waals surface area contributed by atoms with Crippen LogP contribution in [0.15, 0.2) is 11.1 Å². The molecule has 1 unspecified atom stereocenters.